The topological polar surface area (TPSA) is 130 Å². The van der Waals surface area contributed by atoms with E-state index < -0.39 is 10.8 Å². The molecular weight excluding hydrogens is 468 g/mol. The summed E-state index contributed by atoms with van der Waals surface area (Å²) >= 11 is 1.13. The van der Waals surface area contributed by atoms with Crippen molar-refractivity contribution in [1.82, 2.24) is 10.2 Å². The second kappa shape index (κ2) is 10.1. The maximum atomic E-state index is 12.9. The molecule has 0 aliphatic carbocycles. The predicted molar refractivity (Wildman–Crippen MR) is 135 cm³/mol. The number of anilines is 3. The SMILES string of the molecule is CN(C)c1ccc(C(=O)Nc2ccccc2C(=O)Nc2nnc(-c3ccc([N+](=O)[O-])cc3)s2)cc1. The number of nitrogens with zero attached hydrogens (tertiary/aromatic N) is 4. The van der Waals surface area contributed by atoms with Crippen LogP contribution >= 0.6 is 11.3 Å². The Balaban J connectivity index is 1.47. The summed E-state index contributed by atoms with van der Waals surface area (Å²) in [6.45, 7) is 0. The molecule has 0 unspecified atom stereocenters. The molecule has 0 aliphatic heterocycles. The normalized spacial score (nSPS) is 10.5. The molecule has 2 N–H and O–H groups in total. The maximum Gasteiger partial charge on any atom is 0.269 e. The minimum absolute atomic E-state index is 0.0286. The fourth-order valence-electron chi connectivity index (χ4n) is 3.18. The average Bonchev–Trinajstić information content (AvgIpc) is 3.32. The summed E-state index contributed by atoms with van der Waals surface area (Å²) in [7, 11) is 3.83. The first-order valence-electron chi connectivity index (χ1n) is 10.4. The Morgan fingerprint density at radius 3 is 2.23 bits per heavy atom. The standard InChI is InChI=1S/C24H20N6O4S/c1-29(2)17-11-7-15(8-12-17)21(31)25-20-6-4-3-5-19(20)22(32)26-24-28-27-23(35-24)16-9-13-18(14-10-16)30(33)34/h3-14H,1-2H3,(H,25,31)(H,26,28,32). The van der Waals surface area contributed by atoms with Gasteiger partial charge in [0.15, 0.2) is 0 Å². The zero-order valence-electron chi connectivity index (χ0n) is 18.8. The highest BCUT2D eigenvalue weighted by Gasteiger charge is 2.17. The van der Waals surface area contributed by atoms with Gasteiger partial charge < -0.3 is 10.2 Å². The second-order valence-electron chi connectivity index (χ2n) is 7.61. The molecule has 11 heteroatoms. The van der Waals surface area contributed by atoms with E-state index in [1.165, 1.54) is 12.1 Å². The van der Waals surface area contributed by atoms with Gasteiger partial charge in [-0.3, -0.25) is 25.0 Å². The first-order valence-corrected chi connectivity index (χ1v) is 11.2. The lowest BCUT2D eigenvalue weighted by atomic mass is 10.1. The number of para-hydroxylation sites is 1. The zero-order chi connectivity index (χ0) is 24.9. The average molecular weight is 489 g/mol. The quantitative estimate of drug-likeness (QED) is 0.285. The summed E-state index contributed by atoms with van der Waals surface area (Å²) in [5.74, 6) is -0.804. The molecule has 0 spiro atoms. The maximum absolute atomic E-state index is 12.9. The van der Waals surface area contributed by atoms with E-state index in [4.69, 9.17) is 0 Å². The summed E-state index contributed by atoms with van der Waals surface area (Å²) in [5.41, 5.74) is 2.65. The number of nitrogens with one attached hydrogen (secondary N) is 2. The minimum Gasteiger partial charge on any atom is -0.378 e. The third kappa shape index (κ3) is 5.47. The lowest BCUT2D eigenvalue weighted by Crippen LogP contribution is -2.18. The van der Waals surface area contributed by atoms with Gasteiger partial charge in [-0.2, -0.15) is 0 Å². The summed E-state index contributed by atoms with van der Waals surface area (Å²) in [4.78, 5) is 37.9. The number of amides is 2. The number of non-ortho nitro benzene ring substituents is 1. The molecule has 0 radical (unpaired) electrons. The van der Waals surface area contributed by atoms with Crippen molar-refractivity contribution in [3.05, 3.63) is 94.0 Å². The monoisotopic (exact) mass is 488 g/mol. The van der Waals surface area contributed by atoms with Crippen molar-refractivity contribution in [1.29, 1.82) is 0 Å². The van der Waals surface area contributed by atoms with Crippen molar-refractivity contribution in [3.63, 3.8) is 0 Å². The van der Waals surface area contributed by atoms with E-state index in [1.54, 1.807) is 48.5 Å². The van der Waals surface area contributed by atoms with E-state index in [9.17, 15) is 19.7 Å². The molecule has 3 aromatic carbocycles. The summed E-state index contributed by atoms with van der Waals surface area (Å²) in [6.07, 6.45) is 0. The van der Waals surface area contributed by atoms with Crippen LogP contribution in [0, 0.1) is 10.1 Å². The summed E-state index contributed by atoms with van der Waals surface area (Å²) < 4.78 is 0. The van der Waals surface area contributed by atoms with Crippen LogP contribution in [0.5, 0.6) is 0 Å². The largest absolute Gasteiger partial charge is 0.378 e. The van der Waals surface area contributed by atoms with Crippen LogP contribution in [0.3, 0.4) is 0 Å². The smallest absolute Gasteiger partial charge is 0.269 e. The van der Waals surface area contributed by atoms with Gasteiger partial charge in [0, 0.05) is 43.0 Å². The van der Waals surface area contributed by atoms with E-state index in [2.05, 4.69) is 20.8 Å². The van der Waals surface area contributed by atoms with Crippen LogP contribution in [0.4, 0.5) is 22.2 Å². The van der Waals surface area contributed by atoms with Crippen LogP contribution in [-0.4, -0.2) is 41.0 Å². The molecule has 0 fully saturated rings. The fourth-order valence-corrected chi connectivity index (χ4v) is 3.92. The van der Waals surface area contributed by atoms with Gasteiger partial charge in [0.25, 0.3) is 17.5 Å². The van der Waals surface area contributed by atoms with Crippen LogP contribution in [0.2, 0.25) is 0 Å². The Morgan fingerprint density at radius 2 is 1.57 bits per heavy atom. The highest BCUT2D eigenvalue weighted by atomic mass is 32.1. The molecule has 0 saturated carbocycles. The van der Waals surface area contributed by atoms with Gasteiger partial charge in [-0.1, -0.05) is 23.5 Å². The number of nitro benzene ring substituents is 1. The number of rotatable bonds is 7. The van der Waals surface area contributed by atoms with Crippen LogP contribution in [0.25, 0.3) is 10.6 Å². The lowest BCUT2D eigenvalue weighted by molar-refractivity contribution is -0.384. The molecule has 0 atom stereocenters. The van der Waals surface area contributed by atoms with Crippen LogP contribution in [0.15, 0.2) is 72.8 Å². The summed E-state index contributed by atoms with van der Waals surface area (Å²) in [5, 5.41) is 25.1. The molecule has 2 amide bonds. The molecule has 0 bridgehead atoms. The predicted octanol–water partition coefficient (Wildman–Crippen LogP) is 4.68. The molecule has 35 heavy (non-hydrogen) atoms. The molecule has 176 valence electrons. The molecule has 1 aromatic heterocycles. The number of nitro groups is 1. The van der Waals surface area contributed by atoms with Gasteiger partial charge >= 0.3 is 0 Å². The second-order valence-corrected chi connectivity index (χ2v) is 8.59. The number of carbonyl (C=O) groups excluding carboxylic acids is 2. The lowest BCUT2D eigenvalue weighted by Gasteiger charge is -2.13. The van der Waals surface area contributed by atoms with Crippen molar-refractivity contribution in [2.45, 2.75) is 0 Å². The highest BCUT2D eigenvalue weighted by molar-refractivity contribution is 7.18. The first kappa shape index (κ1) is 23.5. The van der Waals surface area contributed by atoms with Gasteiger partial charge in [-0.05, 0) is 48.5 Å². The minimum atomic E-state index is -0.482. The van der Waals surface area contributed by atoms with E-state index >= 15 is 0 Å². The Morgan fingerprint density at radius 1 is 0.886 bits per heavy atom. The van der Waals surface area contributed by atoms with Gasteiger partial charge in [0.1, 0.15) is 5.01 Å². The molecule has 4 rings (SSSR count). The van der Waals surface area contributed by atoms with E-state index in [-0.39, 0.29) is 22.3 Å². The number of carbonyl (C=O) groups is 2. The molecule has 4 aromatic rings. The number of aromatic nitrogens is 2. The molecule has 0 saturated heterocycles. The van der Waals surface area contributed by atoms with Crippen molar-refractivity contribution in [2.75, 3.05) is 29.6 Å². The van der Waals surface area contributed by atoms with Gasteiger partial charge in [-0.15, -0.1) is 10.2 Å². The molecule has 1 heterocycles. The van der Waals surface area contributed by atoms with Crippen LogP contribution in [-0.2, 0) is 0 Å². The Labute approximate surface area is 204 Å². The third-order valence-electron chi connectivity index (χ3n) is 5.04. The van der Waals surface area contributed by atoms with Crippen LogP contribution in [0.1, 0.15) is 20.7 Å². The van der Waals surface area contributed by atoms with Crippen molar-refractivity contribution >= 4 is 45.3 Å². The van der Waals surface area contributed by atoms with Crippen molar-refractivity contribution in [3.8, 4) is 10.6 Å². The van der Waals surface area contributed by atoms with Crippen LogP contribution < -0.4 is 15.5 Å². The summed E-state index contributed by atoms with van der Waals surface area (Å²) in [6, 6.07) is 19.7. The van der Waals surface area contributed by atoms with Crippen molar-refractivity contribution in [2.24, 2.45) is 0 Å². The van der Waals surface area contributed by atoms with E-state index in [0.717, 1.165) is 17.0 Å². The van der Waals surface area contributed by atoms with Gasteiger partial charge in [0.05, 0.1) is 16.2 Å². The van der Waals surface area contributed by atoms with E-state index in [1.807, 2.05) is 31.1 Å². The number of hydrogen-bond donors (Lipinski definition) is 2. The Kier molecular flexibility index (Phi) is 6.78. The zero-order valence-corrected chi connectivity index (χ0v) is 19.6. The molecular formula is C24H20N6O4S. The number of hydrogen-bond acceptors (Lipinski definition) is 8. The Bertz CT molecular complexity index is 1380. The van der Waals surface area contributed by atoms with E-state index in [0.29, 0.717) is 21.8 Å². The van der Waals surface area contributed by atoms with Crippen molar-refractivity contribution < 1.29 is 14.5 Å². The highest BCUT2D eigenvalue weighted by Crippen LogP contribution is 2.28. The first-order chi connectivity index (χ1) is 16.8. The molecule has 0 aliphatic rings. The third-order valence-corrected chi connectivity index (χ3v) is 5.92. The Hall–Kier alpha value is -4.64. The number of benzene rings is 3. The molecule has 10 nitrogen and oxygen atoms in total. The fraction of sp³-hybridized carbons (Fsp3) is 0.0833. The van der Waals surface area contributed by atoms with Gasteiger partial charge in [-0.25, -0.2) is 0 Å². The van der Waals surface area contributed by atoms with Gasteiger partial charge in [0.2, 0.25) is 5.13 Å².